The minimum Gasteiger partial charge on any atom is -0.396 e. The van der Waals surface area contributed by atoms with Crippen LogP contribution in [-0.2, 0) is 13.5 Å². The van der Waals surface area contributed by atoms with E-state index < -0.39 is 0 Å². The fourth-order valence-electron chi connectivity index (χ4n) is 1.43. The second kappa shape index (κ2) is 4.35. The van der Waals surface area contributed by atoms with Gasteiger partial charge in [0.25, 0.3) is 0 Å². The van der Waals surface area contributed by atoms with Gasteiger partial charge in [-0.15, -0.1) is 11.3 Å². The Hall–Kier alpha value is -0.840. The lowest BCUT2D eigenvalue weighted by atomic mass is 10.3. The molecular weight excluding hydrogens is 232 g/mol. The van der Waals surface area contributed by atoms with E-state index in [1.807, 2.05) is 29.1 Å². The quantitative estimate of drug-likeness (QED) is 0.897. The molecule has 0 spiro atoms. The van der Waals surface area contributed by atoms with Crippen LogP contribution in [0.1, 0.15) is 5.69 Å². The van der Waals surface area contributed by atoms with Gasteiger partial charge < -0.3 is 9.67 Å². The Labute approximate surface area is 97.0 Å². The van der Waals surface area contributed by atoms with Crippen molar-refractivity contribution >= 4 is 22.9 Å². The summed E-state index contributed by atoms with van der Waals surface area (Å²) in [5.74, 6) is 0.860. The van der Waals surface area contributed by atoms with Crippen molar-refractivity contribution in [3.8, 4) is 10.7 Å². The van der Waals surface area contributed by atoms with E-state index >= 15 is 0 Å². The van der Waals surface area contributed by atoms with Gasteiger partial charge in [0.15, 0.2) is 5.82 Å². The molecule has 2 rings (SSSR count). The van der Waals surface area contributed by atoms with Crippen molar-refractivity contribution in [3.63, 3.8) is 0 Å². The first kappa shape index (κ1) is 10.7. The van der Waals surface area contributed by atoms with Crippen LogP contribution < -0.4 is 0 Å². The van der Waals surface area contributed by atoms with Crippen molar-refractivity contribution in [3.05, 3.63) is 28.4 Å². The summed E-state index contributed by atoms with van der Waals surface area (Å²) in [6.45, 7) is 0.0701. The predicted molar refractivity (Wildman–Crippen MR) is 62.3 cm³/mol. The Kier molecular flexibility index (Phi) is 3.09. The molecule has 80 valence electrons. The molecule has 0 bridgehead atoms. The number of hydrogen-bond acceptors (Lipinski definition) is 3. The van der Waals surface area contributed by atoms with Crippen molar-refractivity contribution in [1.29, 1.82) is 0 Å². The highest BCUT2D eigenvalue weighted by molar-refractivity contribution is 7.13. The largest absolute Gasteiger partial charge is 0.396 e. The molecule has 1 N–H and O–H groups in total. The van der Waals surface area contributed by atoms with Crippen LogP contribution in [0.5, 0.6) is 0 Å². The van der Waals surface area contributed by atoms with Crippen molar-refractivity contribution in [1.82, 2.24) is 9.55 Å². The summed E-state index contributed by atoms with van der Waals surface area (Å²) < 4.78 is 1.85. The molecule has 0 radical (unpaired) electrons. The third-order valence-electron chi connectivity index (χ3n) is 2.18. The topological polar surface area (TPSA) is 38.0 Å². The molecule has 3 nitrogen and oxygen atoms in total. The van der Waals surface area contributed by atoms with Gasteiger partial charge in [-0.05, 0) is 11.4 Å². The van der Waals surface area contributed by atoms with Gasteiger partial charge in [0.1, 0.15) is 5.15 Å². The molecule has 0 saturated heterocycles. The molecule has 2 aromatic rings. The SMILES string of the molecule is Cn1c(-c2cccs2)nc(CCO)c1Cl. The van der Waals surface area contributed by atoms with Gasteiger partial charge in [-0.2, -0.15) is 0 Å². The predicted octanol–water partition coefficient (Wildman–Crippen LogP) is 2.34. The van der Waals surface area contributed by atoms with Crippen molar-refractivity contribution in [2.45, 2.75) is 6.42 Å². The lowest BCUT2D eigenvalue weighted by molar-refractivity contribution is 0.298. The molecule has 0 atom stereocenters. The summed E-state index contributed by atoms with van der Waals surface area (Å²) in [5.41, 5.74) is 0.755. The fraction of sp³-hybridized carbons (Fsp3) is 0.300. The van der Waals surface area contributed by atoms with E-state index in [1.54, 1.807) is 11.3 Å². The van der Waals surface area contributed by atoms with Gasteiger partial charge >= 0.3 is 0 Å². The maximum atomic E-state index is 8.87. The smallest absolute Gasteiger partial charge is 0.151 e. The molecule has 0 aliphatic heterocycles. The average molecular weight is 243 g/mol. The Balaban J connectivity index is 2.45. The summed E-state index contributed by atoms with van der Waals surface area (Å²) in [6, 6.07) is 3.99. The Bertz CT molecular complexity index is 450. The molecule has 0 aromatic carbocycles. The molecule has 0 amide bonds. The highest BCUT2D eigenvalue weighted by Gasteiger charge is 2.14. The monoisotopic (exact) mass is 242 g/mol. The van der Waals surface area contributed by atoms with Crippen molar-refractivity contribution < 1.29 is 5.11 Å². The minimum absolute atomic E-state index is 0.0701. The first-order valence-electron chi connectivity index (χ1n) is 4.60. The molecule has 15 heavy (non-hydrogen) atoms. The van der Waals surface area contributed by atoms with E-state index in [1.165, 1.54) is 0 Å². The molecule has 5 heteroatoms. The molecule has 2 aromatic heterocycles. The lowest BCUT2D eigenvalue weighted by Crippen LogP contribution is -1.92. The Morgan fingerprint density at radius 3 is 3.00 bits per heavy atom. The first-order chi connectivity index (χ1) is 7.24. The van der Waals surface area contributed by atoms with Crippen molar-refractivity contribution in [2.75, 3.05) is 6.61 Å². The molecule has 0 unspecified atom stereocenters. The number of nitrogens with zero attached hydrogens (tertiary/aromatic N) is 2. The van der Waals surface area contributed by atoms with Crippen LogP contribution in [0.3, 0.4) is 0 Å². The van der Waals surface area contributed by atoms with Gasteiger partial charge in [-0.25, -0.2) is 4.98 Å². The number of rotatable bonds is 3. The van der Waals surface area contributed by atoms with E-state index in [2.05, 4.69) is 4.98 Å². The number of halogens is 1. The zero-order valence-corrected chi connectivity index (χ0v) is 9.85. The number of aliphatic hydroxyl groups excluding tert-OH is 1. The second-order valence-electron chi connectivity index (χ2n) is 3.18. The standard InChI is InChI=1S/C10H11ClN2OS/c1-13-9(11)7(4-5-14)12-10(13)8-3-2-6-15-8/h2-3,6,14H,4-5H2,1H3. The maximum absolute atomic E-state index is 8.87. The number of hydrogen-bond donors (Lipinski definition) is 1. The molecular formula is C10H11ClN2OS. The molecule has 2 heterocycles. The lowest BCUT2D eigenvalue weighted by Gasteiger charge is -1.98. The average Bonchev–Trinajstić information content (AvgIpc) is 2.82. The van der Waals surface area contributed by atoms with Gasteiger partial charge in [0, 0.05) is 20.1 Å². The second-order valence-corrected chi connectivity index (χ2v) is 4.49. The molecule has 0 fully saturated rings. The fourth-order valence-corrected chi connectivity index (χ4v) is 2.39. The van der Waals surface area contributed by atoms with Crippen LogP contribution in [0, 0.1) is 0 Å². The van der Waals surface area contributed by atoms with E-state index in [-0.39, 0.29) is 6.61 Å². The molecule has 0 aliphatic rings. The van der Waals surface area contributed by atoms with Crippen molar-refractivity contribution in [2.24, 2.45) is 7.05 Å². The summed E-state index contributed by atoms with van der Waals surface area (Å²) >= 11 is 7.73. The van der Waals surface area contributed by atoms with Crippen LogP contribution in [-0.4, -0.2) is 21.3 Å². The van der Waals surface area contributed by atoms with Crippen LogP contribution in [0.25, 0.3) is 10.7 Å². The minimum atomic E-state index is 0.0701. The van der Waals surface area contributed by atoms with Gasteiger partial charge in [-0.1, -0.05) is 17.7 Å². The van der Waals surface area contributed by atoms with E-state index in [4.69, 9.17) is 16.7 Å². The van der Waals surface area contributed by atoms with Gasteiger partial charge in [0.05, 0.1) is 10.6 Å². The maximum Gasteiger partial charge on any atom is 0.151 e. The van der Waals surface area contributed by atoms with E-state index in [0.717, 1.165) is 16.4 Å². The summed E-state index contributed by atoms with van der Waals surface area (Å²) in [5, 5.41) is 11.5. The number of imidazole rings is 1. The number of aromatic nitrogens is 2. The third-order valence-corrected chi connectivity index (χ3v) is 3.52. The van der Waals surface area contributed by atoms with E-state index in [9.17, 15) is 0 Å². The number of thiophene rings is 1. The Morgan fingerprint density at radius 2 is 2.40 bits per heavy atom. The van der Waals surface area contributed by atoms with Gasteiger partial charge in [0.2, 0.25) is 0 Å². The summed E-state index contributed by atoms with van der Waals surface area (Å²) in [4.78, 5) is 5.51. The highest BCUT2D eigenvalue weighted by Crippen LogP contribution is 2.28. The Morgan fingerprint density at radius 1 is 1.60 bits per heavy atom. The number of aliphatic hydroxyl groups is 1. The summed E-state index contributed by atoms with van der Waals surface area (Å²) in [7, 11) is 1.88. The first-order valence-corrected chi connectivity index (χ1v) is 5.85. The van der Waals surface area contributed by atoms with Gasteiger partial charge in [-0.3, -0.25) is 0 Å². The van der Waals surface area contributed by atoms with Crippen LogP contribution >= 0.6 is 22.9 Å². The zero-order valence-electron chi connectivity index (χ0n) is 8.27. The van der Waals surface area contributed by atoms with E-state index in [0.29, 0.717) is 11.6 Å². The molecule has 0 saturated carbocycles. The van der Waals surface area contributed by atoms with Crippen LogP contribution in [0.15, 0.2) is 17.5 Å². The molecule has 0 aliphatic carbocycles. The normalized spacial score (nSPS) is 10.9. The zero-order chi connectivity index (χ0) is 10.8. The van der Waals surface area contributed by atoms with Crippen LogP contribution in [0.4, 0.5) is 0 Å². The van der Waals surface area contributed by atoms with Crippen LogP contribution in [0.2, 0.25) is 5.15 Å². The third kappa shape index (κ3) is 1.93. The highest BCUT2D eigenvalue weighted by atomic mass is 35.5. The summed E-state index contributed by atoms with van der Waals surface area (Å²) in [6.07, 6.45) is 0.498.